The second-order valence-electron chi connectivity index (χ2n) is 4.58. The highest BCUT2D eigenvalue weighted by molar-refractivity contribution is 6.28. The molecule has 0 bridgehead atoms. The number of ether oxygens (including phenoxy) is 1. The Morgan fingerprint density at radius 3 is 2.81 bits per heavy atom. The summed E-state index contributed by atoms with van der Waals surface area (Å²) in [5.74, 6) is -0.480. The van der Waals surface area contributed by atoms with E-state index in [0.717, 1.165) is 30.7 Å². The van der Waals surface area contributed by atoms with Crippen molar-refractivity contribution in [2.75, 3.05) is 36.5 Å². The molecule has 0 atom stereocenters. The van der Waals surface area contributed by atoms with Crippen LogP contribution in [0.3, 0.4) is 0 Å². The van der Waals surface area contributed by atoms with E-state index in [0.29, 0.717) is 13.2 Å². The third-order valence-corrected chi connectivity index (χ3v) is 3.41. The molecule has 0 saturated carbocycles. The van der Waals surface area contributed by atoms with Crippen molar-refractivity contribution in [3.8, 4) is 0 Å². The summed E-state index contributed by atoms with van der Waals surface area (Å²) in [6, 6.07) is 7.68. The third kappa shape index (κ3) is 3.22. The summed E-state index contributed by atoms with van der Waals surface area (Å²) in [4.78, 5) is 9.67. The van der Waals surface area contributed by atoms with Crippen LogP contribution in [0, 0.1) is 5.82 Å². The lowest BCUT2D eigenvalue weighted by molar-refractivity contribution is 0.123. The number of para-hydroxylation sites is 2. The molecule has 1 saturated heterocycles. The van der Waals surface area contributed by atoms with Crippen LogP contribution in [0.1, 0.15) is 0 Å². The van der Waals surface area contributed by atoms with Gasteiger partial charge in [0, 0.05) is 13.1 Å². The molecule has 0 unspecified atom stereocenters. The van der Waals surface area contributed by atoms with Gasteiger partial charge in [0.15, 0.2) is 11.6 Å². The van der Waals surface area contributed by atoms with Crippen LogP contribution in [0.2, 0.25) is 5.28 Å². The van der Waals surface area contributed by atoms with Gasteiger partial charge in [-0.05, 0) is 23.7 Å². The number of benzene rings is 1. The van der Waals surface area contributed by atoms with Crippen molar-refractivity contribution >= 4 is 28.8 Å². The van der Waals surface area contributed by atoms with Crippen LogP contribution in [0.15, 0.2) is 30.5 Å². The van der Waals surface area contributed by atoms with E-state index in [1.807, 2.05) is 24.3 Å². The second kappa shape index (κ2) is 6.24. The molecule has 1 aliphatic rings. The van der Waals surface area contributed by atoms with Gasteiger partial charge in [0.25, 0.3) is 0 Å². The third-order valence-electron chi connectivity index (χ3n) is 3.22. The Balaban J connectivity index is 1.89. The standard InChI is InChI=1S/C14H14ClFN4O/c15-14-17-9-10(16)13(19-14)18-11-3-1-2-4-12(11)20-5-7-21-8-6-20/h1-4,9H,5-8H2,(H,17,18,19). The zero-order valence-corrected chi connectivity index (χ0v) is 12.0. The molecule has 1 aromatic heterocycles. The maximum Gasteiger partial charge on any atom is 0.224 e. The fourth-order valence-electron chi connectivity index (χ4n) is 2.22. The minimum absolute atomic E-state index is 0.00255. The highest BCUT2D eigenvalue weighted by Gasteiger charge is 2.16. The molecule has 0 aliphatic carbocycles. The van der Waals surface area contributed by atoms with Crippen LogP contribution in [-0.2, 0) is 4.74 Å². The summed E-state index contributed by atoms with van der Waals surface area (Å²) in [5.41, 5.74) is 1.75. The van der Waals surface area contributed by atoms with Gasteiger partial charge in [-0.1, -0.05) is 12.1 Å². The van der Waals surface area contributed by atoms with Crippen LogP contribution >= 0.6 is 11.6 Å². The fraction of sp³-hybridized carbons (Fsp3) is 0.286. The molecule has 1 aliphatic heterocycles. The van der Waals surface area contributed by atoms with Gasteiger partial charge in [-0.3, -0.25) is 0 Å². The lowest BCUT2D eigenvalue weighted by Crippen LogP contribution is -2.36. The van der Waals surface area contributed by atoms with Gasteiger partial charge in [-0.25, -0.2) is 9.37 Å². The highest BCUT2D eigenvalue weighted by atomic mass is 35.5. The largest absolute Gasteiger partial charge is 0.378 e. The van der Waals surface area contributed by atoms with E-state index in [-0.39, 0.29) is 11.1 Å². The molecule has 1 fully saturated rings. The van der Waals surface area contributed by atoms with Crippen molar-refractivity contribution in [1.29, 1.82) is 0 Å². The SMILES string of the molecule is Fc1cnc(Cl)nc1Nc1ccccc1N1CCOCC1. The van der Waals surface area contributed by atoms with Crippen LogP contribution in [0.25, 0.3) is 0 Å². The summed E-state index contributed by atoms with van der Waals surface area (Å²) in [6.07, 6.45) is 1.05. The average molecular weight is 309 g/mol. The normalized spacial score (nSPS) is 15.0. The number of nitrogens with zero attached hydrogens (tertiary/aromatic N) is 3. The number of anilines is 3. The van der Waals surface area contributed by atoms with Crippen molar-refractivity contribution in [2.24, 2.45) is 0 Å². The first-order valence-corrected chi connectivity index (χ1v) is 6.98. The molecule has 21 heavy (non-hydrogen) atoms. The first-order chi connectivity index (χ1) is 10.2. The van der Waals surface area contributed by atoms with Crippen LogP contribution in [-0.4, -0.2) is 36.3 Å². The van der Waals surface area contributed by atoms with Crippen LogP contribution in [0.4, 0.5) is 21.6 Å². The molecular formula is C14H14ClFN4O. The number of rotatable bonds is 3. The number of hydrogen-bond acceptors (Lipinski definition) is 5. The number of halogens is 2. The number of nitrogens with one attached hydrogen (secondary N) is 1. The fourth-order valence-corrected chi connectivity index (χ4v) is 2.35. The molecule has 7 heteroatoms. The van der Waals surface area contributed by atoms with Gasteiger partial charge < -0.3 is 15.0 Å². The summed E-state index contributed by atoms with van der Waals surface area (Å²) in [7, 11) is 0. The summed E-state index contributed by atoms with van der Waals surface area (Å²) in [5, 5.41) is 2.99. The van der Waals surface area contributed by atoms with Gasteiger partial charge in [-0.15, -0.1) is 0 Å². The van der Waals surface area contributed by atoms with Crippen molar-refractivity contribution in [3.05, 3.63) is 41.6 Å². The number of hydrogen-bond donors (Lipinski definition) is 1. The quantitative estimate of drug-likeness (QED) is 0.884. The van der Waals surface area contributed by atoms with E-state index in [1.54, 1.807) is 0 Å². The van der Waals surface area contributed by atoms with Crippen molar-refractivity contribution in [3.63, 3.8) is 0 Å². The van der Waals surface area contributed by atoms with E-state index in [2.05, 4.69) is 20.2 Å². The van der Waals surface area contributed by atoms with Crippen molar-refractivity contribution < 1.29 is 9.13 Å². The molecule has 5 nitrogen and oxygen atoms in total. The van der Waals surface area contributed by atoms with Gasteiger partial charge >= 0.3 is 0 Å². The molecule has 1 aromatic carbocycles. The molecule has 0 spiro atoms. The van der Waals surface area contributed by atoms with Gasteiger partial charge in [0.05, 0.1) is 30.8 Å². The van der Waals surface area contributed by atoms with E-state index in [9.17, 15) is 4.39 Å². The molecule has 2 heterocycles. The topological polar surface area (TPSA) is 50.3 Å². The highest BCUT2D eigenvalue weighted by Crippen LogP contribution is 2.29. The summed E-state index contributed by atoms with van der Waals surface area (Å²) >= 11 is 5.72. The minimum Gasteiger partial charge on any atom is -0.378 e. The number of aromatic nitrogens is 2. The monoisotopic (exact) mass is 308 g/mol. The second-order valence-corrected chi connectivity index (χ2v) is 4.92. The zero-order chi connectivity index (χ0) is 14.7. The van der Waals surface area contributed by atoms with Crippen molar-refractivity contribution in [1.82, 2.24) is 9.97 Å². The van der Waals surface area contributed by atoms with E-state index >= 15 is 0 Å². The summed E-state index contributed by atoms with van der Waals surface area (Å²) < 4.78 is 19.1. The predicted molar refractivity (Wildman–Crippen MR) is 79.8 cm³/mol. The molecular weight excluding hydrogens is 295 g/mol. The molecule has 1 N–H and O–H groups in total. The van der Waals surface area contributed by atoms with Gasteiger partial charge in [-0.2, -0.15) is 4.98 Å². The summed E-state index contributed by atoms with van der Waals surface area (Å²) in [6.45, 7) is 2.96. The lowest BCUT2D eigenvalue weighted by Gasteiger charge is -2.30. The van der Waals surface area contributed by atoms with Crippen LogP contribution in [0.5, 0.6) is 0 Å². The number of morpholine rings is 1. The van der Waals surface area contributed by atoms with Gasteiger partial charge in [0.2, 0.25) is 5.28 Å². The smallest absolute Gasteiger partial charge is 0.224 e. The Labute approximate surface area is 126 Å². The Morgan fingerprint density at radius 1 is 1.24 bits per heavy atom. The Bertz CT molecular complexity index is 634. The minimum atomic E-state index is -0.545. The Kier molecular flexibility index (Phi) is 4.17. The maximum absolute atomic E-state index is 13.7. The Morgan fingerprint density at radius 2 is 2.00 bits per heavy atom. The van der Waals surface area contributed by atoms with Crippen LogP contribution < -0.4 is 10.2 Å². The van der Waals surface area contributed by atoms with Crippen molar-refractivity contribution in [2.45, 2.75) is 0 Å². The van der Waals surface area contributed by atoms with E-state index in [4.69, 9.17) is 16.3 Å². The molecule has 3 rings (SSSR count). The first-order valence-electron chi connectivity index (χ1n) is 6.61. The molecule has 0 amide bonds. The van der Waals surface area contributed by atoms with Gasteiger partial charge in [0.1, 0.15) is 0 Å². The lowest BCUT2D eigenvalue weighted by atomic mass is 10.2. The molecule has 0 radical (unpaired) electrons. The molecule has 2 aromatic rings. The van der Waals surface area contributed by atoms with E-state index in [1.165, 1.54) is 0 Å². The molecule has 110 valence electrons. The average Bonchev–Trinajstić information content (AvgIpc) is 2.52. The first kappa shape index (κ1) is 14.0. The maximum atomic E-state index is 13.7. The Hall–Kier alpha value is -1.92. The zero-order valence-electron chi connectivity index (χ0n) is 11.2. The predicted octanol–water partition coefficient (Wildman–Crippen LogP) is 2.85. The van der Waals surface area contributed by atoms with E-state index < -0.39 is 5.82 Å².